The molecule has 0 rings (SSSR count). The number of nitrogens with one attached hydrogen (secondary N) is 1. The van der Waals surface area contributed by atoms with Gasteiger partial charge < -0.3 is 33.2 Å². The molecule has 0 aromatic rings. The van der Waals surface area contributed by atoms with Crippen molar-refractivity contribution < 1.29 is 19.2 Å². The molecule has 11 heteroatoms. The van der Waals surface area contributed by atoms with Crippen LogP contribution in [0.3, 0.4) is 0 Å². The van der Waals surface area contributed by atoms with Gasteiger partial charge in [0, 0.05) is 32.5 Å². The topological polar surface area (TPSA) is 200 Å². The van der Waals surface area contributed by atoms with Crippen molar-refractivity contribution in [3.05, 3.63) is 12.3 Å². The number of nitrogens with two attached hydrogens (primary N) is 4. The second kappa shape index (κ2) is 27.2. The minimum atomic E-state index is -0.774. The standard InChI is InChI=1S/C30H57N7O4/c31-27(38)17-13-9-5-1-3-7-11-15-19-35-20-21-36-22-24-37(26(30(34)41)25-29(33)40)23-16-12-8-4-2-6-10-14-18-28(32)39/h16,19,23,26,36H,1-15,17-18,20-22,24-25H2,(H2,31,38)(H2,32,39)(H2,33,40)(H2,34,41). The van der Waals surface area contributed by atoms with E-state index in [1.54, 1.807) is 4.90 Å². The van der Waals surface area contributed by atoms with E-state index in [0.717, 1.165) is 83.6 Å². The van der Waals surface area contributed by atoms with E-state index in [0.29, 0.717) is 32.5 Å². The molecule has 9 N–H and O–H groups in total. The highest BCUT2D eigenvalue weighted by Gasteiger charge is 2.23. The van der Waals surface area contributed by atoms with Gasteiger partial charge in [0.25, 0.3) is 0 Å². The minimum absolute atomic E-state index is 0.120. The van der Waals surface area contributed by atoms with Gasteiger partial charge in [0.1, 0.15) is 6.04 Å². The number of hydrogen-bond donors (Lipinski definition) is 5. The highest BCUT2D eigenvalue weighted by atomic mass is 16.2. The summed E-state index contributed by atoms with van der Waals surface area (Å²) < 4.78 is 0. The summed E-state index contributed by atoms with van der Waals surface area (Å²) in [6, 6.07) is -0.774. The molecule has 41 heavy (non-hydrogen) atoms. The number of nitrogens with zero attached hydrogens (tertiary/aromatic N) is 2. The minimum Gasteiger partial charge on any atom is -0.370 e. The molecule has 0 aliphatic carbocycles. The van der Waals surface area contributed by atoms with Crippen LogP contribution < -0.4 is 28.3 Å². The van der Waals surface area contributed by atoms with Crippen molar-refractivity contribution in [3.63, 3.8) is 0 Å². The Hall–Kier alpha value is -2.95. The Morgan fingerprint density at radius 1 is 0.659 bits per heavy atom. The monoisotopic (exact) mass is 579 g/mol. The summed E-state index contributed by atoms with van der Waals surface area (Å²) >= 11 is 0. The molecular weight excluding hydrogens is 522 g/mol. The lowest BCUT2D eigenvalue weighted by Gasteiger charge is -2.28. The Bertz CT molecular complexity index is 774. The first kappa shape index (κ1) is 38.0. The quantitative estimate of drug-likeness (QED) is 0.0639. The first-order valence-corrected chi connectivity index (χ1v) is 15.5. The number of carbonyl (C=O) groups excluding carboxylic acids is 4. The highest BCUT2D eigenvalue weighted by Crippen LogP contribution is 2.11. The molecule has 0 bridgehead atoms. The normalized spacial score (nSPS) is 12.2. The Morgan fingerprint density at radius 3 is 1.68 bits per heavy atom. The predicted octanol–water partition coefficient (Wildman–Crippen LogP) is 2.79. The predicted molar refractivity (Wildman–Crippen MR) is 166 cm³/mol. The number of hydrogen-bond acceptors (Lipinski definition) is 7. The van der Waals surface area contributed by atoms with Gasteiger partial charge in [-0.3, -0.25) is 24.2 Å². The molecule has 1 atom stereocenters. The smallest absolute Gasteiger partial charge is 0.240 e. The van der Waals surface area contributed by atoms with Crippen LogP contribution in [0.15, 0.2) is 17.3 Å². The Kier molecular flexibility index (Phi) is 25.3. The summed E-state index contributed by atoms with van der Waals surface area (Å²) in [7, 11) is 0. The zero-order valence-corrected chi connectivity index (χ0v) is 25.2. The molecule has 0 saturated carbocycles. The highest BCUT2D eigenvalue weighted by molar-refractivity contribution is 5.86. The van der Waals surface area contributed by atoms with E-state index < -0.39 is 17.9 Å². The SMILES string of the molecule is NC(=O)CCCCCCCCC=CN(CCNCCN=CCCCCCCCCCC(N)=O)C(CC(N)=O)C(N)=O. The van der Waals surface area contributed by atoms with Gasteiger partial charge in [0.15, 0.2) is 0 Å². The third-order valence-electron chi connectivity index (χ3n) is 6.81. The molecular formula is C30H57N7O4. The molecule has 1 unspecified atom stereocenters. The number of allylic oxidation sites excluding steroid dienone is 1. The molecule has 0 radical (unpaired) electrons. The van der Waals surface area contributed by atoms with Crippen molar-refractivity contribution in [2.45, 2.75) is 122 Å². The molecule has 0 heterocycles. The summed E-state index contributed by atoms with van der Waals surface area (Å²) in [5, 5.41) is 3.33. The fourth-order valence-corrected chi connectivity index (χ4v) is 4.46. The van der Waals surface area contributed by atoms with Crippen molar-refractivity contribution in [3.8, 4) is 0 Å². The van der Waals surface area contributed by atoms with Gasteiger partial charge in [-0.05, 0) is 50.9 Å². The van der Waals surface area contributed by atoms with Crippen LogP contribution in [0.25, 0.3) is 0 Å². The van der Waals surface area contributed by atoms with Gasteiger partial charge in [0.2, 0.25) is 23.6 Å². The first-order chi connectivity index (χ1) is 19.7. The second-order valence-corrected chi connectivity index (χ2v) is 10.7. The molecule has 0 saturated heterocycles. The Balaban J connectivity index is 4.15. The van der Waals surface area contributed by atoms with Crippen LogP contribution in [0, 0.1) is 0 Å². The molecule has 0 fully saturated rings. The summed E-state index contributed by atoms with van der Waals surface area (Å²) in [5.41, 5.74) is 21.2. The van der Waals surface area contributed by atoms with Gasteiger partial charge in [0.05, 0.1) is 13.0 Å². The zero-order valence-electron chi connectivity index (χ0n) is 25.2. The molecule has 0 aliphatic rings. The maximum Gasteiger partial charge on any atom is 0.240 e. The van der Waals surface area contributed by atoms with Crippen LogP contribution in [0.5, 0.6) is 0 Å². The number of amides is 4. The van der Waals surface area contributed by atoms with Crippen LogP contribution in [-0.2, 0) is 19.2 Å². The second-order valence-electron chi connectivity index (χ2n) is 10.7. The molecule has 0 aromatic carbocycles. The fourth-order valence-electron chi connectivity index (χ4n) is 4.46. The van der Waals surface area contributed by atoms with Crippen molar-refractivity contribution in [1.29, 1.82) is 0 Å². The molecule has 0 spiro atoms. The summed E-state index contributed by atoms with van der Waals surface area (Å²) in [4.78, 5) is 51.2. The lowest BCUT2D eigenvalue weighted by atomic mass is 10.1. The van der Waals surface area contributed by atoms with Crippen molar-refractivity contribution >= 4 is 29.8 Å². The average Bonchev–Trinajstić information content (AvgIpc) is 2.90. The van der Waals surface area contributed by atoms with E-state index >= 15 is 0 Å². The summed E-state index contributed by atoms with van der Waals surface area (Å²) in [6.07, 6.45) is 22.5. The number of aliphatic imine (C=N–C) groups is 1. The molecule has 4 amide bonds. The maximum absolute atomic E-state index is 12.0. The van der Waals surface area contributed by atoms with Crippen molar-refractivity contribution in [2.75, 3.05) is 26.2 Å². The molecule has 0 aromatic heterocycles. The first-order valence-electron chi connectivity index (χ1n) is 15.5. The van der Waals surface area contributed by atoms with E-state index in [-0.39, 0.29) is 18.2 Å². The van der Waals surface area contributed by atoms with E-state index in [2.05, 4.69) is 10.3 Å². The molecule has 11 nitrogen and oxygen atoms in total. The van der Waals surface area contributed by atoms with Gasteiger partial charge >= 0.3 is 0 Å². The number of carbonyl (C=O) groups is 4. The van der Waals surface area contributed by atoms with Gasteiger partial charge in [-0.15, -0.1) is 0 Å². The number of primary amides is 4. The maximum atomic E-state index is 12.0. The van der Waals surface area contributed by atoms with Gasteiger partial charge in [-0.2, -0.15) is 0 Å². The Labute approximate surface area is 247 Å². The molecule has 236 valence electrons. The van der Waals surface area contributed by atoms with Crippen molar-refractivity contribution in [1.82, 2.24) is 10.2 Å². The van der Waals surface area contributed by atoms with Gasteiger partial charge in [-0.25, -0.2) is 0 Å². The van der Waals surface area contributed by atoms with E-state index in [1.165, 1.54) is 19.3 Å². The zero-order chi connectivity index (χ0) is 30.6. The van der Waals surface area contributed by atoms with Gasteiger partial charge in [-0.1, -0.05) is 63.9 Å². The number of unbranched alkanes of at least 4 members (excludes halogenated alkanes) is 13. The van der Waals surface area contributed by atoms with Crippen LogP contribution >= 0.6 is 0 Å². The van der Waals surface area contributed by atoms with Crippen LogP contribution in [-0.4, -0.2) is 67.0 Å². The Morgan fingerprint density at radius 2 is 1.17 bits per heavy atom. The summed E-state index contributed by atoms with van der Waals surface area (Å²) in [6.45, 7) is 2.53. The average molecular weight is 580 g/mol. The van der Waals surface area contributed by atoms with Crippen LogP contribution in [0.1, 0.15) is 116 Å². The van der Waals surface area contributed by atoms with E-state index in [9.17, 15) is 19.2 Å². The lowest BCUT2D eigenvalue weighted by molar-refractivity contribution is -0.127. The lowest BCUT2D eigenvalue weighted by Crippen LogP contribution is -2.46. The number of rotatable bonds is 30. The third kappa shape index (κ3) is 27.0. The largest absolute Gasteiger partial charge is 0.370 e. The van der Waals surface area contributed by atoms with Crippen LogP contribution in [0.2, 0.25) is 0 Å². The fraction of sp³-hybridized carbons (Fsp3) is 0.767. The van der Waals surface area contributed by atoms with E-state index in [4.69, 9.17) is 22.9 Å². The summed E-state index contributed by atoms with van der Waals surface area (Å²) in [5.74, 6) is -1.59. The van der Waals surface area contributed by atoms with Crippen LogP contribution in [0.4, 0.5) is 0 Å². The third-order valence-corrected chi connectivity index (χ3v) is 6.81. The van der Waals surface area contributed by atoms with E-state index in [1.807, 2.05) is 18.5 Å². The molecule has 0 aliphatic heterocycles. The van der Waals surface area contributed by atoms with Crippen molar-refractivity contribution in [2.24, 2.45) is 27.9 Å².